The van der Waals surface area contributed by atoms with Crippen LogP contribution < -0.4 is 10.1 Å². The summed E-state index contributed by atoms with van der Waals surface area (Å²) in [7, 11) is 1.57. The van der Waals surface area contributed by atoms with Crippen molar-refractivity contribution in [3.63, 3.8) is 0 Å². The lowest BCUT2D eigenvalue weighted by molar-refractivity contribution is 0.130. The van der Waals surface area contributed by atoms with Crippen molar-refractivity contribution < 1.29 is 18.7 Å². The van der Waals surface area contributed by atoms with Gasteiger partial charge in [-0.2, -0.15) is 10.4 Å². The molecule has 0 aliphatic heterocycles. The SMILES string of the molecule is COc1c(Br)c(-c2ccc(C#N)c(F)c2)nn1C1CCC(NC(=O)OCc2ccccc2)CC1. The van der Waals surface area contributed by atoms with Crippen LogP contribution in [0.15, 0.2) is 53.0 Å². The highest BCUT2D eigenvalue weighted by Crippen LogP contribution is 2.40. The quantitative estimate of drug-likeness (QED) is 0.442. The van der Waals surface area contributed by atoms with Crippen molar-refractivity contribution in [3.05, 3.63) is 69.9 Å². The summed E-state index contributed by atoms with van der Waals surface area (Å²) in [4.78, 5) is 12.2. The first-order valence-electron chi connectivity index (χ1n) is 11.0. The van der Waals surface area contributed by atoms with Gasteiger partial charge in [0.25, 0.3) is 0 Å². The van der Waals surface area contributed by atoms with E-state index < -0.39 is 11.9 Å². The van der Waals surface area contributed by atoms with E-state index in [1.807, 2.05) is 41.1 Å². The number of nitrogens with one attached hydrogen (secondary N) is 1. The van der Waals surface area contributed by atoms with Gasteiger partial charge in [-0.1, -0.05) is 36.4 Å². The Morgan fingerprint density at radius 2 is 1.97 bits per heavy atom. The number of carbonyl (C=O) groups is 1. The van der Waals surface area contributed by atoms with Crippen LogP contribution in [-0.4, -0.2) is 29.0 Å². The van der Waals surface area contributed by atoms with Gasteiger partial charge in [0.1, 0.15) is 28.7 Å². The number of amides is 1. The second-order valence-electron chi connectivity index (χ2n) is 8.13. The van der Waals surface area contributed by atoms with E-state index in [4.69, 9.17) is 19.8 Å². The van der Waals surface area contributed by atoms with Crippen molar-refractivity contribution in [1.82, 2.24) is 15.1 Å². The van der Waals surface area contributed by atoms with Gasteiger partial charge in [0, 0.05) is 11.6 Å². The predicted molar refractivity (Wildman–Crippen MR) is 128 cm³/mol. The van der Waals surface area contributed by atoms with Gasteiger partial charge in [-0.05, 0) is 59.3 Å². The Labute approximate surface area is 205 Å². The van der Waals surface area contributed by atoms with Crippen LogP contribution in [0.1, 0.15) is 42.9 Å². The number of ether oxygens (including phenoxy) is 2. The van der Waals surface area contributed by atoms with Crippen molar-refractivity contribution >= 4 is 22.0 Å². The van der Waals surface area contributed by atoms with Crippen LogP contribution in [0.5, 0.6) is 5.88 Å². The van der Waals surface area contributed by atoms with Crippen molar-refractivity contribution in [3.8, 4) is 23.2 Å². The van der Waals surface area contributed by atoms with E-state index in [1.165, 1.54) is 12.1 Å². The van der Waals surface area contributed by atoms with Gasteiger partial charge < -0.3 is 14.8 Å². The molecule has 34 heavy (non-hydrogen) atoms. The number of hydrogen-bond acceptors (Lipinski definition) is 5. The Balaban J connectivity index is 1.39. The normalized spacial score (nSPS) is 17.6. The molecule has 1 aliphatic rings. The van der Waals surface area contributed by atoms with E-state index in [9.17, 15) is 9.18 Å². The third-order valence-electron chi connectivity index (χ3n) is 5.95. The molecule has 2 aromatic carbocycles. The highest BCUT2D eigenvalue weighted by molar-refractivity contribution is 9.10. The lowest BCUT2D eigenvalue weighted by Gasteiger charge is -2.29. The zero-order valence-electron chi connectivity index (χ0n) is 18.6. The van der Waals surface area contributed by atoms with Crippen LogP contribution in [-0.2, 0) is 11.3 Å². The molecule has 1 fully saturated rings. The monoisotopic (exact) mass is 526 g/mol. The topological polar surface area (TPSA) is 89.2 Å². The minimum Gasteiger partial charge on any atom is -0.480 e. The molecule has 0 bridgehead atoms. The van der Waals surface area contributed by atoms with E-state index >= 15 is 0 Å². The molecule has 0 radical (unpaired) electrons. The average Bonchev–Trinajstić information content (AvgIpc) is 3.20. The van der Waals surface area contributed by atoms with Crippen LogP contribution in [0.3, 0.4) is 0 Å². The smallest absolute Gasteiger partial charge is 0.407 e. The molecular weight excluding hydrogens is 503 g/mol. The maximum Gasteiger partial charge on any atom is 0.407 e. The largest absolute Gasteiger partial charge is 0.480 e. The molecule has 0 spiro atoms. The molecule has 7 nitrogen and oxygen atoms in total. The Morgan fingerprint density at radius 3 is 2.62 bits per heavy atom. The van der Waals surface area contributed by atoms with E-state index in [0.717, 1.165) is 31.2 Å². The van der Waals surface area contributed by atoms with Crippen LogP contribution in [0.25, 0.3) is 11.3 Å². The molecule has 1 aromatic heterocycles. The summed E-state index contributed by atoms with van der Waals surface area (Å²) in [6.45, 7) is 0.235. The van der Waals surface area contributed by atoms with Gasteiger partial charge in [-0.3, -0.25) is 0 Å². The molecule has 0 unspecified atom stereocenters. The zero-order chi connectivity index (χ0) is 24.1. The van der Waals surface area contributed by atoms with Crippen LogP contribution in [0.4, 0.5) is 9.18 Å². The number of benzene rings is 2. The van der Waals surface area contributed by atoms with Crippen molar-refractivity contribution in [2.45, 2.75) is 44.4 Å². The number of methoxy groups -OCH3 is 1. The first-order valence-corrected chi connectivity index (χ1v) is 11.8. The van der Waals surface area contributed by atoms with Crippen molar-refractivity contribution in [2.24, 2.45) is 0 Å². The fraction of sp³-hybridized carbons (Fsp3) is 0.320. The number of aromatic nitrogens is 2. The summed E-state index contributed by atoms with van der Waals surface area (Å²) in [5, 5.41) is 16.6. The molecule has 3 aromatic rings. The number of nitrogens with zero attached hydrogens (tertiary/aromatic N) is 3. The standard InChI is InChI=1S/C25H24BrFN4O3/c1-33-24-22(26)23(17-7-8-18(14-28)21(27)13-17)30-31(24)20-11-9-19(10-12-20)29-25(32)34-15-16-5-3-2-4-6-16/h2-8,13,19-20H,9-12,15H2,1H3,(H,29,32). The first-order chi connectivity index (χ1) is 16.5. The van der Waals surface area contributed by atoms with Crippen LogP contribution >= 0.6 is 15.9 Å². The Morgan fingerprint density at radius 1 is 1.24 bits per heavy atom. The number of alkyl carbamates (subject to hydrolysis) is 1. The molecule has 9 heteroatoms. The molecule has 1 saturated carbocycles. The number of hydrogen-bond donors (Lipinski definition) is 1. The summed E-state index contributed by atoms with van der Waals surface area (Å²) < 4.78 is 27.5. The maximum absolute atomic E-state index is 14.2. The Kier molecular flexibility index (Phi) is 7.48. The summed E-state index contributed by atoms with van der Waals surface area (Å²) in [5.41, 5.74) is 2.02. The Bertz CT molecular complexity index is 1200. The van der Waals surface area contributed by atoms with Gasteiger partial charge in [0.2, 0.25) is 5.88 Å². The van der Waals surface area contributed by atoms with Gasteiger partial charge in [0.15, 0.2) is 0 Å². The number of rotatable bonds is 6. The van der Waals surface area contributed by atoms with Crippen LogP contribution in [0.2, 0.25) is 0 Å². The van der Waals surface area contributed by atoms with E-state index in [-0.39, 0.29) is 24.3 Å². The summed E-state index contributed by atoms with van der Waals surface area (Å²) in [6.07, 6.45) is 2.70. The average molecular weight is 527 g/mol. The minimum atomic E-state index is -0.592. The molecule has 1 amide bonds. The summed E-state index contributed by atoms with van der Waals surface area (Å²) in [6, 6.07) is 15.9. The molecular formula is C25H24BrFN4O3. The predicted octanol–water partition coefficient (Wildman–Crippen LogP) is 5.74. The van der Waals surface area contributed by atoms with Crippen LogP contribution in [0, 0.1) is 17.1 Å². The fourth-order valence-corrected chi connectivity index (χ4v) is 4.81. The number of carbonyl (C=O) groups excluding carboxylic acids is 1. The Hall–Kier alpha value is -3.38. The minimum absolute atomic E-state index is 0.0145. The highest BCUT2D eigenvalue weighted by Gasteiger charge is 2.29. The molecule has 0 atom stereocenters. The van der Waals surface area contributed by atoms with E-state index in [0.29, 0.717) is 21.6 Å². The van der Waals surface area contributed by atoms with E-state index in [1.54, 1.807) is 13.2 Å². The number of halogens is 2. The molecule has 0 saturated heterocycles. The lowest BCUT2D eigenvalue weighted by Crippen LogP contribution is -2.38. The van der Waals surface area contributed by atoms with Gasteiger partial charge in [-0.25, -0.2) is 13.9 Å². The van der Waals surface area contributed by atoms with Gasteiger partial charge in [-0.15, -0.1) is 0 Å². The molecule has 4 rings (SSSR count). The number of nitriles is 1. The molecule has 1 aliphatic carbocycles. The van der Waals surface area contributed by atoms with Crippen molar-refractivity contribution in [2.75, 3.05) is 7.11 Å². The molecule has 1 N–H and O–H groups in total. The lowest BCUT2D eigenvalue weighted by atomic mass is 9.91. The van der Waals surface area contributed by atoms with Gasteiger partial charge >= 0.3 is 6.09 Å². The first kappa shape index (κ1) is 23.8. The molecule has 176 valence electrons. The molecule has 1 heterocycles. The highest BCUT2D eigenvalue weighted by atomic mass is 79.9. The third kappa shape index (κ3) is 5.23. The van der Waals surface area contributed by atoms with Crippen molar-refractivity contribution in [1.29, 1.82) is 5.26 Å². The maximum atomic E-state index is 14.2. The second kappa shape index (κ2) is 10.7. The zero-order valence-corrected chi connectivity index (χ0v) is 20.2. The summed E-state index contributed by atoms with van der Waals surface area (Å²) in [5.74, 6) is -0.0374. The van der Waals surface area contributed by atoms with Gasteiger partial charge in [0.05, 0.1) is 18.7 Å². The summed E-state index contributed by atoms with van der Waals surface area (Å²) >= 11 is 3.54. The van der Waals surface area contributed by atoms with E-state index in [2.05, 4.69) is 21.2 Å². The second-order valence-corrected chi connectivity index (χ2v) is 8.93. The third-order valence-corrected chi connectivity index (χ3v) is 6.66. The fourth-order valence-electron chi connectivity index (χ4n) is 4.16.